The molecular formula is C19H28N2O5. The molecule has 0 saturated carbocycles. The van der Waals surface area contributed by atoms with E-state index in [0.717, 1.165) is 5.56 Å². The molecule has 0 aliphatic rings. The van der Waals surface area contributed by atoms with E-state index in [9.17, 15) is 14.4 Å². The number of carbonyl (C=O) groups excluding carboxylic acids is 3. The van der Waals surface area contributed by atoms with Gasteiger partial charge in [0.2, 0.25) is 5.91 Å². The van der Waals surface area contributed by atoms with Crippen molar-refractivity contribution in [1.82, 2.24) is 10.6 Å². The van der Waals surface area contributed by atoms with Gasteiger partial charge in [0.15, 0.2) is 0 Å². The molecule has 2 amide bonds. The van der Waals surface area contributed by atoms with E-state index in [2.05, 4.69) is 10.6 Å². The van der Waals surface area contributed by atoms with Crippen LogP contribution in [0.5, 0.6) is 0 Å². The molecule has 1 aromatic rings. The molecule has 0 heterocycles. The lowest BCUT2D eigenvalue weighted by atomic mass is 9.92. The molecule has 144 valence electrons. The predicted octanol–water partition coefficient (Wildman–Crippen LogP) is 2.19. The van der Waals surface area contributed by atoms with Crippen molar-refractivity contribution >= 4 is 18.0 Å². The highest BCUT2D eigenvalue weighted by molar-refractivity contribution is 5.92. The first kappa shape index (κ1) is 21.5. The molecule has 0 unspecified atom stereocenters. The Hall–Kier alpha value is -2.57. The van der Waals surface area contributed by atoms with Crippen molar-refractivity contribution in [1.29, 1.82) is 0 Å². The van der Waals surface area contributed by atoms with Crippen LogP contribution < -0.4 is 10.6 Å². The van der Waals surface area contributed by atoms with Crippen LogP contribution in [0.3, 0.4) is 0 Å². The van der Waals surface area contributed by atoms with Gasteiger partial charge < -0.3 is 20.1 Å². The number of rotatable bonds is 7. The zero-order chi connectivity index (χ0) is 19.8. The van der Waals surface area contributed by atoms with Crippen molar-refractivity contribution < 1.29 is 23.9 Å². The Morgan fingerprint density at radius 2 is 1.65 bits per heavy atom. The summed E-state index contributed by atoms with van der Waals surface area (Å²) in [6.07, 6.45) is -0.468. The minimum Gasteiger partial charge on any atom is -0.465 e. The van der Waals surface area contributed by atoms with Crippen molar-refractivity contribution in [3.05, 3.63) is 35.9 Å². The summed E-state index contributed by atoms with van der Waals surface area (Å²) in [6.45, 7) is 8.44. The van der Waals surface area contributed by atoms with Crippen LogP contribution in [0.15, 0.2) is 30.3 Å². The molecule has 1 aromatic carbocycles. The van der Waals surface area contributed by atoms with E-state index in [-0.39, 0.29) is 19.6 Å². The quantitative estimate of drug-likeness (QED) is 0.724. The van der Waals surface area contributed by atoms with E-state index in [1.165, 1.54) is 0 Å². The third kappa shape index (κ3) is 7.55. The van der Waals surface area contributed by atoms with Gasteiger partial charge in [-0.25, -0.2) is 4.79 Å². The molecule has 26 heavy (non-hydrogen) atoms. The van der Waals surface area contributed by atoms with Crippen molar-refractivity contribution in [3.63, 3.8) is 0 Å². The number of alkyl carbamates (subject to hydrolysis) is 1. The lowest BCUT2D eigenvalue weighted by Crippen LogP contribution is -2.59. The zero-order valence-electron chi connectivity index (χ0n) is 16.0. The van der Waals surface area contributed by atoms with Crippen LogP contribution in [0.2, 0.25) is 0 Å². The van der Waals surface area contributed by atoms with E-state index in [1.54, 1.807) is 34.6 Å². The van der Waals surface area contributed by atoms with Crippen LogP contribution in [0.1, 0.15) is 40.2 Å². The topological polar surface area (TPSA) is 93.7 Å². The van der Waals surface area contributed by atoms with Crippen LogP contribution in [-0.2, 0) is 25.5 Å². The van der Waals surface area contributed by atoms with E-state index in [4.69, 9.17) is 9.47 Å². The zero-order valence-corrected chi connectivity index (χ0v) is 16.0. The second-order valence-corrected chi connectivity index (χ2v) is 7.11. The van der Waals surface area contributed by atoms with Gasteiger partial charge >= 0.3 is 12.1 Å². The molecule has 0 fully saturated rings. The van der Waals surface area contributed by atoms with Gasteiger partial charge in [-0.05, 0) is 40.2 Å². The number of carbonyl (C=O) groups is 3. The first-order chi connectivity index (χ1) is 12.1. The molecule has 1 rings (SSSR count). The van der Waals surface area contributed by atoms with Gasteiger partial charge in [0.1, 0.15) is 17.7 Å². The van der Waals surface area contributed by atoms with Crippen molar-refractivity contribution in [3.8, 4) is 0 Å². The Balaban J connectivity index is 2.91. The maximum atomic E-state index is 12.7. The van der Waals surface area contributed by atoms with Crippen LogP contribution in [0.25, 0.3) is 0 Å². The first-order valence-corrected chi connectivity index (χ1v) is 8.55. The molecular weight excluding hydrogens is 336 g/mol. The number of amides is 2. The van der Waals surface area contributed by atoms with Gasteiger partial charge in [-0.2, -0.15) is 0 Å². The second-order valence-electron chi connectivity index (χ2n) is 7.11. The van der Waals surface area contributed by atoms with Crippen LogP contribution in [-0.4, -0.2) is 42.3 Å². The van der Waals surface area contributed by atoms with Crippen molar-refractivity contribution in [2.75, 3.05) is 13.2 Å². The fourth-order valence-electron chi connectivity index (χ4n) is 2.27. The number of esters is 1. The Kier molecular flexibility index (Phi) is 7.61. The number of hydrogen-bond donors (Lipinski definition) is 2. The first-order valence-electron chi connectivity index (χ1n) is 8.55. The number of ether oxygens (including phenoxy) is 2. The fraction of sp³-hybridized carbons (Fsp3) is 0.526. The SMILES string of the molecule is CCOC(=O)CNC(=O)[C@@](C)(Cc1ccccc1)NC(=O)OC(C)(C)C. The van der Waals surface area contributed by atoms with Gasteiger partial charge in [-0.3, -0.25) is 9.59 Å². The summed E-state index contributed by atoms with van der Waals surface area (Å²) in [5.41, 5.74) is -1.13. The Morgan fingerprint density at radius 1 is 1.04 bits per heavy atom. The third-order valence-electron chi connectivity index (χ3n) is 3.38. The molecule has 0 aliphatic heterocycles. The Labute approximate surface area is 154 Å². The summed E-state index contributed by atoms with van der Waals surface area (Å²) in [7, 11) is 0. The van der Waals surface area contributed by atoms with Gasteiger partial charge in [0.05, 0.1) is 6.61 Å². The van der Waals surface area contributed by atoms with Crippen molar-refractivity contribution in [2.45, 2.75) is 52.2 Å². The largest absolute Gasteiger partial charge is 0.465 e. The van der Waals surface area contributed by atoms with Gasteiger partial charge in [0.25, 0.3) is 0 Å². The maximum absolute atomic E-state index is 12.7. The molecule has 2 N–H and O–H groups in total. The summed E-state index contributed by atoms with van der Waals surface area (Å²) >= 11 is 0. The summed E-state index contributed by atoms with van der Waals surface area (Å²) < 4.78 is 10.1. The third-order valence-corrected chi connectivity index (χ3v) is 3.38. The number of nitrogens with one attached hydrogen (secondary N) is 2. The van der Waals surface area contributed by atoms with E-state index in [0.29, 0.717) is 0 Å². The second kappa shape index (κ2) is 9.22. The van der Waals surface area contributed by atoms with Crippen LogP contribution >= 0.6 is 0 Å². The highest BCUT2D eigenvalue weighted by Gasteiger charge is 2.36. The van der Waals surface area contributed by atoms with Crippen LogP contribution in [0, 0.1) is 0 Å². The molecule has 0 bridgehead atoms. The Morgan fingerprint density at radius 3 is 2.19 bits per heavy atom. The van der Waals surface area contributed by atoms with Gasteiger partial charge in [-0.1, -0.05) is 30.3 Å². The summed E-state index contributed by atoms with van der Waals surface area (Å²) in [6, 6.07) is 9.27. The predicted molar refractivity (Wildman–Crippen MR) is 97.6 cm³/mol. The molecule has 0 saturated heterocycles. The average molecular weight is 364 g/mol. The lowest BCUT2D eigenvalue weighted by molar-refractivity contribution is -0.144. The van der Waals surface area contributed by atoms with Gasteiger partial charge in [0, 0.05) is 6.42 Å². The normalized spacial score (nSPS) is 13.3. The average Bonchev–Trinajstić information content (AvgIpc) is 2.51. The monoisotopic (exact) mass is 364 g/mol. The molecule has 0 spiro atoms. The minimum atomic E-state index is -1.30. The lowest BCUT2D eigenvalue weighted by Gasteiger charge is -2.31. The molecule has 0 aromatic heterocycles. The minimum absolute atomic E-state index is 0.228. The van der Waals surface area contributed by atoms with E-state index in [1.807, 2.05) is 30.3 Å². The molecule has 7 nitrogen and oxygen atoms in total. The highest BCUT2D eigenvalue weighted by atomic mass is 16.6. The highest BCUT2D eigenvalue weighted by Crippen LogP contribution is 2.16. The summed E-state index contributed by atoms with van der Waals surface area (Å²) in [5.74, 6) is -1.04. The fourth-order valence-corrected chi connectivity index (χ4v) is 2.27. The molecule has 1 atom stereocenters. The summed E-state index contributed by atoms with van der Waals surface area (Å²) in [5, 5.41) is 5.14. The molecule has 0 radical (unpaired) electrons. The number of benzene rings is 1. The van der Waals surface area contributed by atoms with E-state index >= 15 is 0 Å². The number of hydrogen-bond acceptors (Lipinski definition) is 5. The molecule has 7 heteroatoms. The van der Waals surface area contributed by atoms with Crippen LogP contribution in [0.4, 0.5) is 4.79 Å². The maximum Gasteiger partial charge on any atom is 0.408 e. The molecule has 0 aliphatic carbocycles. The van der Waals surface area contributed by atoms with Gasteiger partial charge in [-0.15, -0.1) is 0 Å². The van der Waals surface area contributed by atoms with E-state index < -0.39 is 29.1 Å². The summed E-state index contributed by atoms with van der Waals surface area (Å²) in [4.78, 5) is 36.4. The smallest absolute Gasteiger partial charge is 0.408 e. The Bertz CT molecular complexity index is 625. The standard InChI is InChI=1S/C19H28N2O5/c1-6-25-15(22)13-20-16(23)19(5,12-14-10-8-7-9-11-14)21-17(24)26-18(2,3)4/h7-11H,6,12-13H2,1-5H3,(H,20,23)(H,21,24)/t19-/m1/s1. The van der Waals surface area contributed by atoms with Crippen molar-refractivity contribution in [2.24, 2.45) is 0 Å².